The first-order valence-electron chi connectivity index (χ1n) is 11.4. The van der Waals surface area contributed by atoms with Crippen molar-refractivity contribution in [2.24, 2.45) is 11.8 Å². The van der Waals surface area contributed by atoms with Gasteiger partial charge < -0.3 is 19.5 Å². The Morgan fingerprint density at radius 2 is 2.19 bits per heavy atom. The maximum Gasteiger partial charge on any atom is 0.328 e. The Morgan fingerprint density at radius 1 is 1.34 bits per heavy atom. The van der Waals surface area contributed by atoms with Crippen LogP contribution in [0.4, 0.5) is 11.6 Å². The lowest BCUT2D eigenvalue weighted by atomic mass is 9.93. The molecule has 1 saturated heterocycles. The second-order valence-corrected chi connectivity index (χ2v) is 9.07. The van der Waals surface area contributed by atoms with E-state index in [0.29, 0.717) is 17.8 Å². The number of carbonyl (C=O) groups excluding carboxylic acids is 1. The highest BCUT2D eigenvalue weighted by Gasteiger charge is 2.23. The van der Waals surface area contributed by atoms with Crippen molar-refractivity contribution in [1.29, 1.82) is 0 Å². The zero-order valence-corrected chi connectivity index (χ0v) is 19.4. The predicted octanol–water partition coefficient (Wildman–Crippen LogP) is 3.30. The molecule has 0 spiro atoms. The SMILES string of the molecule is CCC(Cn1ccc2cnc(Nc3cnn(CC(=O)OC4CCN(C)C4)c3)nc21)C(C)C. The van der Waals surface area contributed by atoms with Gasteiger partial charge in [0.15, 0.2) is 0 Å². The van der Waals surface area contributed by atoms with Crippen LogP contribution in [-0.2, 0) is 22.6 Å². The first-order valence-corrected chi connectivity index (χ1v) is 11.4. The Hall–Kier alpha value is -2.94. The van der Waals surface area contributed by atoms with E-state index in [0.717, 1.165) is 49.2 Å². The van der Waals surface area contributed by atoms with Crippen LogP contribution in [0.1, 0.15) is 33.6 Å². The molecule has 3 aromatic heterocycles. The van der Waals surface area contributed by atoms with Crippen molar-refractivity contribution in [2.45, 2.75) is 52.8 Å². The Balaban J connectivity index is 1.40. The third kappa shape index (κ3) is 5.27. The minimum absolute atomic E-state index is 0.0278. The van der Waals surface area contributed by atoms with Gasteiger partial charge in [0.05, 0.1) is 11.9 Å². The van der Waals surface area contributed by atoms with Crippen LogP contribution in [0.25, 0.3) is 11.0 Å². The molecule has 0 aromatic carbocycles. The number of nitrogens with zero attached hydrogens (tertiary/aromatic N) is 6. The van der Waals surface area contributed by atoms with Gasteiger partial charge in [-0.2, -0.15) is 10.1 Å². The fraction of sp³-hybridized carbons (Fsp3) is 0.565. The number of hydrogen-bond acceptors (Lipinski definition) is 7. The number of ether oxygens (including phenoxy) is 1. The number of hydrogen-bond donors (Lipinski definition) is 1. The van der Waals surface area contributed by atoms with Gasteiger partial charge in [-0.25, -0.2) is 4.98 Å². The molecule has 0 radical (unpaired) electrons. The summed E-state index contributed by atoms with van der Waals surface area (Å²) in [4.78, 5) is 23.5. The van der Waals surface area contributed by atoms with E-state index in [2.05, 4.69) is 57.9 Å². The van der Waals surface area contributed by atoms with Crippen LogP contribution in [0.3, 0.4) is 0 Å². The van der Waals surface area contributed by atoms with Crippen molar-refractivity contribution in [3.05, 3.63) is 30.9 Å². The second kappa shape index (κ2) is 9.68. The zero-order valence-electron chi connectivity index (χ0n) is 19.4. The van der Waals surface area contributed by atoms with Crippen LogP contribution in [0.2, 0.25) is 0 Å². The molecule has 2 unspecified atom stereocenters. The quantitative estimate of drug-likeness (QED) is 0.512. The molecule has 4 heterocycles. The van der Waals surface area contributed by atoms with Crippen molar-refractivity contribution in [2.75, 3.05) is 25.5 Å². The fourth-order valence-corrected chi connectivity index (χ4v) is 4.23. The van der Waals surface area contributed by atoms with Crippen LogP contribution in [-0.4, -0.2) is 61.4 Å². The number of likely N-dealkylation sites (N-methyl/N-ethyl adjacent to an activating group) is 1. The largest absolute Gasteiger partial charge is 0.460 e. The summed E-state index contributed by atoms with van der Waals surface area (Å²) in [6.45, 7) is 9.53. The Kier molecular flexibility index (Phi) is 6.74. The van der Waals surface area contributed by atoms with Gasteiger partial charge in [0, 0.05) is 43.6 Å². The molecule has 3 aromatic rings. The number of fused-ring (bicyclic) bond motifs is 1. The predicted molar refractivity (Wildman–Crippen MR) is 124 cm³/mol. The molecule has 0 saturated carbocycles. The molecule has 4 rings (SSSR count). The van der Waals surface area contributed by atoms with Crippen LogP contribution < -0.4 is 5.32 Å². The summed E-state index contributed by atoms with van der Waals surface area (Å²) in [7, 11) is 2.03. The summed E-state index contributed by atoms with van der Waals surface area (Å²) in [6.07, 6.45) is 9.33. The highest BCUT2D eigenvalue weighted by Crippen LogP contribution is 2.22. The van der Waals surface area contributed by atoms with Crippen LogP contribution in [0.15, 0.2) is 30.9 Å². The standard InChI is InChI=1S/C23H33N7O2/c1-5-17(16(2)3)12-29-9-6-18-10-24-23(27-22(18)29)26-19-11-25-30(13-19)15-21(31)32-20-7-8-28(4)14-20/h6,9-11,13,16-17,20H,5,7-8,12,14-15H2,1-4H3,(H,24,26,27). The van der Waals surface area contributed by atoms with Crippen LogP contribution >= 0.6 is 0 Å². The lowest BCUT2D eigenvalue weighted by molar-refractivity contribution is -0.149. The van der Waals surface area contributed by atoms with Gasteiger partial charge in [-0.05, 0) is 31.4 Å². The molecule has 1 fully saturated rings. The van der Waals surface area contributed by atoms with Gasteiger partial charge in [0.25, 0.3) is 0 Å². The normalized spacial score (nSPS) is 17.8. The van der Waals surface area contributed by atoms with Crippen molar-refractivity contribution in [1.82, 2.24) is 29.2 Å². The topological polar surface area (TPSA) is 90.1 Å². The van der Waals surface area contributed by atoms with E-state index in [4.69, 9.17) is 9.72 Å². The second-order valence-electron chi connectivity index (χ2n) is 9.07. The molecule has 172 valence electrons. The molecule has 9 nitrogen and oxygen atoms in total. The summed E-state index contributed by atoms with van der Waals surface area (Å²) in [5, 5.41) is 8.48. The number of aromatic nitrogens is 5. The Bertz CT molecular complexity index is 1060. The minimum atomic E-state index is -0.272. The van der Waals surface area contributed by atoms with E-state index in [-0.39, 0.29) is 18.6 Å². The summed E-state index contributed by atoms with van der Waals surface area (Å²) < 4.78 is 9.31. The molecule has 2 atom stereocenters. The van der Waals surface area contributed by atoms with Crippen molar-refractivity contribution >= 4 is 28.6 Å². The number of carbonyl (C=O) groups is 1. The summed E-state index contributed by atoms with van der Waals surface area (Å²) in [5.74, 6) is 1.45. The number of likely N-dealkylation sites (tertiary alicyclic amines) is 1. The van der Waals surface area contributed by atoms with Crippen molar-refractivity contribution in [3.8, 4) is 0 Å². The van der Waals surface area contributed by atoms with Crippen LogP contribution in [0.5, 0.6) is 0 Å². The lowest BCUT2D eigenvalue weighted by Gasteiger charge is -2.20. The average Bonchev–Trinajstić information content (AvgIpc) is 3.46. The first kappa shape index (κ1) is 22.3. The smallest absolute Gasteiger partial charge is 0.328 e. The molecule has 9 heteroatoms. The maximum absolute atomic E-state index is 12.2. The molecule has 1 N–H and O–H groups in total. The average molecular weight is 440 g/mol. The Morgan fingerprint density at radius 3 is 2.91 bits per heavy atom. The van der Waals surface area contributed by atoms with E-state index < -0.39 is 0 Å². The van der Waals surface area contributed by atoms with E-state index in [1.807, 2.05) is 13.2 Å². The third-order valence-corrected chi connectivity index (χ3v) is 6.23. The molecular weight excluding hydrogens is 406 g/mol. The van der Waals surface area contributed by atoms with Gasteiger partial charge in [0.1, 0.15) is 18.3 Å². The van der Waals surface area contributed by atoms with E-state index in [9.17, 15) is 4.79 Å². The van der Waals surface area contributed by atoms with E-state index in [1.54, 1.807) is 17.1 Å². The number of nitrogens with one attached hydrogen (secondary N) is 1. The van der Waals surface area contributed by atoms with Crippen molar-refractivity contribution in [3.63, 3.8) is 0 Å². The highest BCUT2D eigenvalue weighted by molar-refractivity contribution is 5.76. The molecular formula is C23H33N7O2. The molecule has 0 aliphatic carbocycles. The van der Waals surface area contributed by atoms with Gasteiger partial charge in [-0.1, -0.05) is 27.2 Å². The van der Waals surface area contributed by atoms with Gasteiger partial charge in [-0.3, -0.25) is 9.48 Å². The fourth-order valence-electron chi connectivity index (χ4n) is 4.23. The number of esters is 1. The zero-order chi connectivity index (χ0) is 22.7. The molecule has 0 bridgehead atoms. The van der Waals surface area contributed by atoms with E-state index >= 15 is 0 Å². The number of anilines is 2. The Labute approximate surface area is 188 Å². The summed E-state index contributed by atoms with van der Waals surface area (Å²) in [6, 6.07) is 2.05. The lowest BCUT2D eigenvalue weighted by Crippen LogP contribution is -2.24. The summed E-state index contributed by atoms with van der Waals surface area (Å²) >= 11 is 0. The number of rotatable bonds is 9. The molecule has 1 aliphatic rings. The van der Waals surface area contributed by atoms with Crippen molar-refractivity contribution < 1.29 is 9.53 Å². The molecule has 32 heavy (non-hydrogen) atoms. The monoisotopic (exact) mass is 439 g/mol. The van der Waals surface area contributed by atoms with Gasteiger partial charge in [0.2, 0.25) is 5.95 Å². The minimum Gasteiger partial charge on any atom is -0.460 e. The van der Waals surface area contributed by atoms with Crippen LogP contribution in [0, 0.1) is 11.8 Å². The summed E-state index contributed by atoms with van der Waals surface area (Å²) in [5.41, 5.74) is 1.64. The third-order valence-electron chi connectivity index (χ3n) is 6.23. The highest BCUT2D eigenvalue weighted by atomic mass is 16.5. The first-order chi connectivity index (χ1) is 15.4. The molecule has 0 amide bonds. The van der Waals surface area contributed by atoms with Gasteiger partial charge in [-0.15, -0.1) is 0 Å². The maximum atomic E-state index is 12.2. The van der Waals surface area contributed by atoms with Gasteiger partial charge >= 0.3 is 5.97 Å². The molecule has 1 aliphatic heterocycles. The van der Waals surface area contributed by atoms with E-state index in [1.165, 1.54) is 0 Å².